The molecule has 2 aromatic rings. The van der Waals surface area contributed by atoms with Gasteiger partial charge < -0.3 is 4.42 Å². The lowest BCUT2D eigenvalue weighted by atomic mass is 10.3. The van der Waals surface area contributed by atoms with Crippen LogP contribution in [0.1, 0.15) is 0 Å². The third kappa shape index (κ3) is 1.96. The number of halogens is 1. The number of benzene rings is 1. The predicted octanol–water partition coefficient (Wildman–Crippen LogP) is 2.45. The maximum Gasteiger partial charge on any atom is 0.417 e. The van der Waals surface area contributed by atoms with Crippen molar-refractivity contribution in [2.24, 2.45) is 0 Å². The summed E-state index contributed by atoms with van der Waals surface area (Å²) in [7, 11) is 0. The number of thioether (sulfide) groups is 1. The Hall–Kier alpha value is -0.870. The van der Waals surface area contributed by atoms with Crippen molar-refractivity contribution in [1.82, 2.24) is 4.98 Å². The van der Waals surface area contributed by atoms with Gasteiger partial charge in [-0.2, -0.15) is 0 Å². The van der Waals surface area contributed by atoms with Gasteiger partial charge in [0.25, 0.3) is 0 Å². The van der Waals surface area contributed by atoms with E-state index >= 15 is 0 Å². The normalized spacial score (nSPS) is 10.9. The van der Waals surface area contributed by atoms with E-state index in [0.29, 0.717) is 11.5 Å². The number of fused-ring (bicyclic) bond motifs is 1. The molecule has 0 saturated heterocycles. The van der Waals surface area contributed by atoms with E-state index in [0.717, 1.165) is 16.2 Å². The standard InChI is InChI=1S/C9H8ClNO2S/c10-3-4-14-6-1-2-7-8(5-6)13-9(12)11-7/h1-2,5H,3-4H2,(H,11,12). The van der Waals surface area contributed by atoms with Gasteiger partial charge in [-0.25, -0.2) is 4.79 Å². The van der Waals surface area contributed by atoms with Gasteiger partial charge >= 0.3 is 5.76 Å². The first-order valence-electron chi connectivity index (χ1n) is 4.11. The molecule has 0 aliphatic carbocycles. The molecule has 5 heteroatoms. The Labute approximate surface area is 89.4 Å². The number of H-pyrrole nitrogens is 1. The first-order valence-corrected chi connectivity index (χ1v) is 5.63. The average Bonchev–Trinajstić information content (AvgIpc) is 2.54. The van der Waals surface area contributed by atoms with Crippen LogP contribution in [0.3, 0.4) is 0 Å². The summed E-state index contributed by atoms with van der Waals surface area (Å²) in [5, 5.41) is 0. The number of hydrogen-bond acceptors (Lipinski definition) is 3. The van der Waals surface area contributed by atoms with E-state index in [9.17, 15) is 4.79 Å². The van der Waals surface area contributed by atoms with Gasteiger partial charge in [0.2, 0.25) is 0 Å². The minimum atomic E-state index is -0.417. The SMILES string of the molecule is O=c1[nH]c2ccc(SCCCl)cc2o1. The third-order valence-corrected chi connectivity index (χ3v) is 3.15. The minimum absolute atomic E-state index is 0.417. The number of hydrogen-bond donors (Lipinski definition) is 1. The molecule has 1 aromatic carbocycles. The summed E-state index contributed by atoms with van der Waals surface area (Å²) < 4.78 is 4.93. The molecule has 0 atom stereocenters. The number of aromatic nitrogens is 1. The maximum atomic E-state index is 10.9. The summed E-state index contributed by atoms with van der Waals surface area (Å²) in [5.74, 6) is 1.04. The van der Waals surface area contributed by atoms with Crippen molar-refractivity contribution in [3.05, 3.63) is 28.7 Å². The smallest absolute Gasteiger partial charge is 0.408 e. The molecule has 0 saturated carbocycles. The Kier molecular flexibility index (Phi) is 2.84. The van der Waals surface area contributed by atoms with Crippen LogP contribution in [0.5, 0.6) is 0 Å². The highest BCUT2D eigenvalue weighted by atomic mass is 35.5. The van der Waals surface area contributed by atoms with Gasteiger partial charge in [-0.15, -0.1) is 23.4 Å². The molecule has 1 heterocycles. The van der Waals surface area contributed by atoms with Gasteiger partial charge in [-0.05, 0) is 18.2 Å². The molecule has 2 rings (SSSR count). The summed E-state index contributed by atoms with van der Waals surface area (Å²) in [6.45, 7) is 0. The van der Waals surface area contributed by atoms with E-state index in [2.05, 4.69) is 4.98 Å². The highest BCUT2D eigenvalue weighted by Gasteiger charge is 2.01. The molecule has 74 valence electrons. The number of rotatable bonds is 3. The first kappa shape index (κ1) is 9.68. The lowest BCUT2D eigenvalue weighted by Gasteiger charge is -1.97. The zero-order chi connectivity index (χ0) is 9.97. The molecule has 0 unspecified atom stereocenters. The van der Waals surface area contributed by atoms with Crippen LogP contribution in [0.4, 0.5) is 0 Å². The second-order valence-electron chi connectivity index (χ2n) is 2.71. The van der Waals surface area contributed by atoms with Gasteiger partial charge in [0.1, 0.15) is 0 Å². The monoisotopic (exact) mass is 229 g/mol. The largest absolute Gasteiger partial charge is 0.417 e. The Balaban J connectivity index is 2.35. The quantitative estimate of drug-likeness (QED) is 0.650. The molecule has 14 heavy (non-hydrogen) atoms. The molecule has 0 spiro atoms. The summed E-state index contributed by atoms with van der Waals surface area (Å²) in [4.78, 5) is 14.5. The summed E-state index contributed by atoms with van der Waals surface area (Å²) >= 11 is 7.21. The van der Waals surface area contributed by atoms with Crippen LogP contribution in [0.25, 0.3) is 11.1 Å². The average molecular weight is 230 g/mol. The highest BCUT2D eigenvalue weighted by Crippen LogP contribution is 2.21. The van der Waals surface area contributed by atoms with Gasteiger partial charge in [-0.1, -0.05) is 0 Å². The van der Waals surface area contributed by atoms with Crippen molar-refractivity contribution in [3.8, 4) is 0 Å². The number of nitrogens with one attached hydrogen (secondary N) is 1. The zero-order valence-electron chi connectivity index (χ0n) is 7.25. The molecule has 3 nitrogen and oxygen atoms in total. The zero-order valence-corrected chi connectivity index (χ0v) is 8.82. The molecular weight excluding hydrogens is 222 g/mol. The fraction of sp³-hybridized carbons (Fsp3) is 0.222. The molecular formula is C9H8ClNO2S. The number of oxazole rings is 1. The van der Waals surface area contributed by atoms with Crippen molar-refractivity contribution in [3.63, 3.8) is 0 Å². The topological polar surface area (TPSA) is 46.0 Å². The lowest BCUT2D eigenvalue weighted by molar-refractivity contribution is 0.555. The van der Waals surface area contributed by atoms with Gasteiger partial charge in [0.05, 0.1) is 5.52 Å². The van der Waals surface area contributed by atoms with Gasteiger partial charge in [0.15, 0.2) is 5.58 Å². The fourth-order valence-electron chi connectivity index (χ4n) is 1.17. The second-order valence-corrected chi connectivity index (χ2v) is 4.26. The van der Waals surface area contributed by atoms with Crippen LogP contribution in [0.2, 0.25) is 0 Å². The number of aromatic amines is 1. The van der Waals surface area contributed by atoms with E-state index in [1.807, 2.05) is 18.2 Å². The molecule has 1 aromatic heterocycles. The Morgan fingerprint density at radius 2 is 2.36 bits per heavy atom. The maximum absolute atomic E-state index is 10.9. The van der Waals surface area contributed by atoms with Crippen molar-refractivity contribution in [2.45, 2.75) is 4.90 Å². The first-order chi connectivity index (χ1) is 6.79. The molecule has 0 fully saturated rings. The van der Waals surface area contributed by atoms with Crippen molar-refractivity contribution in [1.29, 1.82) is 0 Å². The summed E-state index contributed by atoms with van der Waals surface area (Å²) in [6.07, 6.45) is 0. The van der Waals surface area contributed by atoms with E-state index in [-0.39, 0.29) is 0 Å². The van der Waals surface area contributed by atoms with Crippen LogP contribution in [0.15, 0.2) is 32.3 Å². The molecule has 0 amide bonds. The molecule has 1 N–H and O–H groups in total. The fourth-order valence-corrected chi connectivity index (χ4v) is 2.07. The van der Waals surface area contributed by atoms with Crippen molar-refractivity contribution >= 4 is 34.5 Å². The minimum Gasteiger partial charge on any atom is -0.408 e. The highest BCUT2D eigenvalue weighted by molar-refractivity contribution is 7.99. The lowest BCUT2D eigenvalue weighted by Crippen LogP contribution is -1.92. The van der Waals surface area contributed by atoms with Crippen molar-refractivity contribution < 1.29 is 4.42 Å². The third-order valence-electron chi connectivity index (χ3n) is 1.74. The van der Waals surface area contributed by atoms with Crippen LogP contribution >= 0.6 is 23.4 Å². The van der Waals surface area contributed by atoms with E-state index < -0.39 is 5.76 Å². The van der Waals surface area contributed by atoms with Crippen LogP contribution in [0, 0.1) is 0 Å². The van der Waals surface area contributed by atoms with E-state index in [4.69, 9.17) is 16.0 Å². The molecule has 0 bridgehead atoms. The second kappa shape index (κ2) is 4.11. The van der Waals surface area contributed by atoms with Crippen LogP contribution < -0.4 is 5.76 Å². The van der Waals surface area contributed by atoms with Gasteiger partial charge in [-0.3, -0.25) is 4.98 Å². The van der Waals surface area contributed by atoms with E-state index in [1.165, 1.54) is 0 Å². The summed E-state index contributed by atoms with van der Waals surface area (Å²) in [5.41, 5.74) is 1.32. The molecule has 0 radical (unpaired) electrons. The van der Waals surface area contributed by atoms with Crippen LogP contribution in [-0.2, 0) is 0 Å². The predicted molar refractivity (Wildman–Crippen MR) is 58.3 cm³/mol. The Morgan fingerprint density at radius 1 is 1.50 bits per heavy atom. The summed E-state index contributed by atoms with van der Waals surface area (Å²) in [6, 6.07) is 5.60. The molecule has 0 aliphatic heterocycles. The van der Waals surface area contributed by atoms with Crippen LogP contribution in [-0.4, -0.2) is 16.6 Å². The molecule has 0 aliphatic rings. The van der Waals surface area contributed by atoms with E-state index in [1.54, 1.807) is 11.8 Å². The Morgan fingerprint density at radius 3 is 3.14 bits per heavy atom. The van der Waals surface area contributed by atoms with Gasteiger partial charge in [0, 0.05) is 16.5 Å². The number of alkyl halides is 1. The van der Waals surface area contributed by atoms with Crippen molar-refractivity contribution in [2.75, 3.05) is 11.6 Å². The Bertz CT molecular complexity index is 491.